The molecule has 0 fully saturated rings. The second-order valence-corrected chi connectivity index (χ2v) is 3.44. The highest BCUT2D eigenvalue weighted by molar-refractivity contribution is 5.84. The topological polar surface area (TPSA) is 62.2 Å². The third kappa shape index (κ3) is 2.11. The van der Waals surface area contributed by atoms with Gasteiger partial charge in [0.2, 0.25) is 0 Å². The van der Waals surface area contributed by atoms with E-state index in [1.165, 1.54) is 0 Å². The molecule has 0 amide bonds. The van der Waals surface area contributed by atoms with E-state index in [9.17, 15) is 9.90 Å². The fourth-order valence-corrected chi connectivity index (χ4v) is 1.47. The van der Waals surface area contributed by atoms with Crippen molar-refractivity contribution in [3.63, 3.8) is 0 Å². The van der Waals surface area contributed by atoms with Crippen molar-refractivity contribution in [1.29, 1.82) is 0 Å². The number of carboxylic acids is 1. The van der Waals surface area contributed by atoms with Crippen LogP contribution in [0.5, 0.6) is 5.75 Å². The van der Waals surface area contributed by atoms with Gasteiger partial charge in [0, 0.05) is 11.1 Å². The van der Waals surface area contributed by atoms with Gasteiger partial charge in [-0.2, -0.15) is 0 Å². The average Bonchev–Trinajstić information content (AvgIpc) is 2.26. The van der Waals surface area contributed by atoms with Crippen molar-refractivity contribution in [2.75, 3.05) is 6.61 Å². The summed E-state index contributed by atoms with van der Waals surface area (Å²) in [6.07, 6.45) is 0. The van der Waals surface area contributed by atoms with Crippen LogP contribution in [0, 0.1) is 6.92 Å². The molecule has 0 aliphatic carbocycles. The highest BCUT2D eigenvalue weighted by Crippen LogP contribution is 2.23. The van der Waals surface area contributed by atoms with Crippen molar-refractivity contribution in [2.45, 2.75) is 6.92 Å². The van der Waals surface area contributed by atoms with Crippen LogP contribution in [0.15, 0.2) is 30.3 Å². The van der Waals surface area contributed by atoms with E-state index < -0.39 is 12.6 Å². The van der Waals surface area contributed by atoms with Gasteiger partial charge < -0.3 is 14.6 Å². The Hall–Kier alpha value is -2.10. The molecule has 0 saturated heterocycles. The Kier molecular flexibility index (Phi) is 2.72. The predicted octanol–water partition coefficient (Wildman–Crippen LogP) is 0.672. The van der Waals surface area contributed by atoms with Gasteiger partial charge in [0.05, 0.1) is 5.97 Å². The molecule has 4 nitrogen and oxygen atoms in total. The molecule has 1 aromatic carbocycles. The van der Waals surface area contributed by atoms with Gasteiger partial charge in [0.1, 0.15) is 17.9 Å². The highest BCUT2D eigenvalue weighted by atomic mass is 16.5. The molecule has 1 aromatic heterocycles. The number of hydrogen-bond acceptors (Lipinski definition) is 4. The number of fused-ring (bicyclic) bond motifs is 1. The van der Waals surface area contributed by atoms with Crippen LogP contribution in [0.1, 0.15) is 5.69 Å². The number of pyridine rings is 1. The molecule has 4 heteroatoms. The lowest BCUT2D eigenvalue weighted by molar-refractivity contribution is -0.307. The van der Waals surface area contributed by atoms with Gasteiger partial charge in [0.25, 0.3) is 0 Å². The van der Waals surface area contributed by atoms with Gasteiger partial charge in [-0.1, -0.05) is 18.2 Å². The second-order valence-electron chi connectivity index (χ2n) is 3.44. The number of rotatable bonds is 3. The van der Waals surface area contributed by atoms with Crippen LogP contribution in [-0.2, 0) is 4.79 Å². The summed E-state index contributed by atoms with van der Waals surface area (Å²) in [6.45, 7) is 1.41. The number of aliphatic carboxylic acids is 1. The third-order valence-electron chi connectivity index (χ3n) is 2.17. The molecular formula is C12H10NO3-. The minimum absolute atomic E-state index is 0.463. The fraction of sp³-hybridized carbons (Fsp3) is 0.167. The monoisotopic (exact) mass is 216 g/mol. The first kappa shape index (κ1) is 10.4. The third-order valence-corrected chi connectivity index (χ3v) is 2.17. The Morgan fingerprint density at radius 1 is 1.38 bits per heavy atom. The molecule has 0 bridgehead atoms. The number of benzene rings is 1. The summed E-state index contributed by atoms with van der Waals surface area (Å²) >= 11 is 0. The van der Waals surface area contributed by atoms with Crippen molar-refractivity contribution < 1.29 is 14.6 Å². The lowest BCUT2D eigenvalue weighted by Gasteiger charge is -2.09. The second kappa shape index (κ2) is 4.18. The van der Waals surface area contributed by atoms with E-state index in [4.69, 9.17) is 4.74 Å². The first-order valence-corrected chi connectivity index (χ1v) is 4.86. The van der Waals surface area contributed by atoms with E-state index in [2.05, 4.69) is 4.98 Å². The van der Waals surface area contributed by atoms with Gasteiger partial charge in [-0.15, -0.1) is 0 Å². The summed E-state index contributed by atoms with van der Waals surface area (Å²) in [4.78, 5) is 14.6. The Balaban J connectivity index is 2.43. The maximum atomic E-state index is 10.3. The summed E-state index contributed by atoms with van der Waals surface area (Å²) in [5.74, 6) is -0.782. The molecule has 0 saturated carbocycles. The van der Waals surface area contributed by atoms with Gasteiger partial charge in [-0.3, -0.25) is 0 Å². The molecule has 82 valence electrons. The normalized spacial score (nSPS) is 10.3. The van der Waals surface area contributed by atoms with Crippen LogP contribution in [0.4, 0.5) is 0 Å². The smallest absolute Gasteiger partial charge is 0.146 e. The van der Waals surface area contributed by atoms with E-state index in [0.717, 1.165) is 11.1 Å². The zero-order valence-corrected chi connectivity index (χ0v) is 8.77. The minimum Gasteiger partial charge on any atom is -0.546 e. The lowest BCUT2D eigenvalue weighted by Crippen LogP contribution is -2.29. The number of aryl methyl sites for hydroxylation is 1. The van der Waals surface area contributed by atoms with Gasteiger partial charge in [0.15, 0.2) is 0 Å². The van der Waals surface area contributed by atoms with Crippen LogP contribution in [-0.4, -0.2) is 17.6 Å². The molecule has 2 rings (SSSR count). The number of carbonyl (C=O) groups is 1. The Bertz CT molecular complexity index is 537. The van der Waals surface area contributed by atoms with E-state index in [1.54, 1.807) is 12.1 Å². The van der Waals surface area contributed by atoms with Crippen LogP contribution in [0.25, 0.3) is 10.9 Å². The molecule has 0 atom stereocenters. The van der Waals surface area contributed by atoms with E-state index in [-0.39, 0.29) is 0 Å². The predicted molar refractivity (Wildman–Crippen MR) is 57.0 cm³/mol. The van der Waals surface area contributed by atoms with Crippen LogP contribution in [0.3, 0.4) is 0 Å². The maximum absolute atomic E-state index is 10.3. The number of ether oxygens (including phenoxy) is 1. The fourth-order valence-electron chi connectivity index (χ4n) is 1.47. The quantitative estimate of drug-likeness (QED) is 0.756. The molecule has 0 N–H and O–H groups in total. The van der Waals surface area contributed by atoms with Crippen molar-refractivity contribution in [3.8, 4) is 5.75 Å². The summed E-state index contributed by atoms with van der Waals surface area (Å²) in [5.41, 5.74) is 1.53. The van der Waals surface area contributed by atoms with Crippen molar-refractivity contribution in [3.05, 3.63) is 36.0 Å². The van der Waals surface area contributed by atoms with Gasteiger partial charge >= 0.3 is 0 Å². The van der Waals surface area contributed by atoms with Crippen molar-refractivity contribution >= 4 is 16.9 Å². The summed E-state index contributed by atoms with van der Waals surface area (Å²) in [6, 6.07) is 9.20. The molecule has 0 radical (unpaired) electrons. The Morgan fingerprint density at radius 3 is 2.94 bits per heavy atom. The molecule has 0 unspecified atom stereocenters. The van der Waals surface area contributed by atoms with Crippen LogP contribution < -0.4 is 9.84 Å². The number of nitrogens with zero attached hydrogens (tertiary/aromatic N) is 1. The standard InChI is InChI=1S/C12H11NO3/c1-8-5-6-9-3-2-4-10(12(9)13-8)16-7-11(14)15/h2-6H,7H2,1H3,(H,14,15)/p-1. The van der Waals surface area contributed by atoms with Crippen LogP contribution >= 0.6 is 0 Å². The number of carbonyl (C=O) groups excluding carboxylic acids is 1. The molecule has 0 aliphatic heterocycles. The number of para-hydroxylation sites is 1. The Morgan fingerprint density at radius 2 is 2.19 bits per heavy atom. The number of hydrogen-bond donors (Lipinski definition) is 0. The minimum atomic E-state index is -1.25. The number of carboxylic acid groups (broad SMARTS) is 1. The van der Waals surface area contributed by atoms with Gasteiger partial charge in [-0.05, 0) is 19.1 Å². The zero-order valence-electron chi connectivity index (χ0n) is 8.77. The summed E-state index contributed by atoms with van der Waals surface area (Å²) < 4.78 is 5.11. The van der Waals surface area contributed by atoms with E-state index in [0.29, 0.717) is 11.3 Å². The van der Waals surface area contributed by atoms with E-state index in [1.807, 2.05) is 25.1 Å². The highest BCUT2D eigenvalue weighted by Gasteiger charge is 2.03. The SMILES string of the molecule is Cc1ccc2cccc(OCC(=O)[O-])c2n1. The molecule has 2 aromatic rings. The number of aromatic nitrogens is 1. The molecular weight excluding hydrogens is 206 g/mol. The first-order chi connectivity index (χ1) is 7.66. The van der Waals surface area contributed by atoms with Crippen molar-refractivity contribution in [1.82, 2.24) is 4.98 Å². The maximum Gasteiger partial charge on any atom is 0.146 e. The molecule has 0 aliphatic rings. The summed E-state index contributed by atoms with van der Waals surface area (Å²) in [5, 5.41) is 11.2. The van der Waals surface area contributed by atoms with Crippen LogP contribution in [0.2, 0.25) is 0 Å². The van der Waals surface area contributed by atoms with Crippen molar-refractivity contribution in [2.24, 2.45) is 0 Å². The first-order valence-electron chi connectivity index (χ1n) is 4.86. The van der Waals surface area contributed by atoms with E-state index >= 15 is 0 Å². The van der Waals surface area contributed by atoms with Gasteiger partial charge in [-0.25, -0.2) is 4.98 Å². The lowest BCUT2D eigenvalue weighted by atomic mass is 10.2. The molecule has 16 heavy (non-hydrogen) atoms. The molecule has 1 heterocycles. The zero-order chi connectivity index (χ0) is 11.5. The average molecular weight is 216 g/mol. The largest absolute Gasteiger partial charge is 0.546 e. The summed E-state index contributed by atoms with van der Waals surface area (Å²) in [7, 11) is 0. The molecule has 0 spiro atoms. The Labute approximate surface area is 92.5 Å².